The van der Waals surface area contributed by atoms with Gasteiger partial charge < -0.3 is 15.7 Å². The molecule has 0 unspecified atom stereocenters. The summed E-state index contributed by atoms with van der Waals surface area (Å²) in [6.07, 6.45) is 0.556. The molecule has 0 atom stereocenters. The number of aliphatic hydroxyl groups excluding tert-OH is 1. The van der Waals surface area contributed by atoms with Gasteiger partial charge in [-0.2, -0.15) is 0 Å². The number of nitrogens with two attached hydrogens (primary N) is 1. The maximum Gasteiger partial charge on any atom is 0.266 e. The minimum absolute atomic E-state index is 0.0530. The highest BCUT2D eigenvalue weighted by Crippen LogP contribution is 2.36. The summed E-state index contributed by atoms with van der Waals surface area (Å²) in [6, 6.07) is 5.49. The van der Waals surface area contributed by atoms with Crippen molar-refractivity contribution in [1.82, 2.24) is 4.90 Å². The predicted octanol–water partition coefficient (Wildman–Crippen LogP) is 3.37. The first kappa shape index (κ1) is 16.1. The minimum atomic E-state index is -0.0896. The van der Waals surface area contributed by atoms with E-state index in [1.165, 1.54) is 11.3 Å². The highest BCUT2D eigenvalue weighted by molar-refractivity contribution is 7.21. The fourth-order valence-electron chi connectivity index (χ4n) is 2.21. The molecule has 3 N–H and O–H groups in total. The van der Waals surface area contributed by atoms with Crippen LogP contribution in [-0.2, 0) is 0 Å². The number of anilines is 1. The van der Waals surface area contributed by atoms with Gasteiger partial charge >= 0.3 is 0 Å². The van der Waals surface area contributed by atoms with Crippen molar-refractivity contribution in [2.24, 2.45) is 0 Å². The Morgan fingerprint density at radius 3 is 2.81 bits per heavy atom. The van der Waals surface area contributed by atoms with E-state index in [1.54, 1.807) is 11.0 Å². The molecule has 6 heteroatoms. The van der Waals surface area contributed by atoms with Crippen molar-refractivity contribution in [2.45, 2.75) is 26.3 Å². The number of carbonyl (C=O) groups excluding carboxylic acids is 1. The van der Waals surface area contributed by atoms with E-state index in [0.29, 0.717) is 28.6 Å². The molecule has 1 aromatic heterocycles. The highest BCUT2D eigenvalue weighted by Gasteiger charge is 2.23. The number of thiophene rings is 1. The Kier molecular flexibility index (Phi) is 5.08. The van der Waals surface area contributed by atoms with Gasteiger partial charge in [-0.1, -0.05) is 11.6 Å². The van der Waals surface area contributed by atoms with Crippen LogP contribution in [0.25, 0.3) is 10.1 Å². The lowest BCUT2D eigenvalue weighted by Gasteiger charge is -2.26. The Hall–Kier alpha value is -1.30. The number of carbonyl (C=O) groups is 1. The summed E-state index contributed by atoms with van der Waals surface area (Å²) in [7, 11) is 0. The zero-order valence-corrected chi connectivity index (χ0v) is 13.7. The van der Waals surface area contributed by atoms with Gasteiger partial charge in [0.2, 0.25) is 0 Å². The summed E-state index contributed by atoms with van der Waals surface area (Å²) >= 11 is 7.35. The average Bonchev–Trinajstić information content (AvgIpc) is 2.75. The van der Waals surface area contributed by atoms with Crippen molar-refractivity contribution < 1.29 is 9.90 Å². The van der Waals surface area contributed by atoms with Crippen LogP contribution in [0, 0.1) is 0 Å². The minimum Gasteiger partial charge on any atom is -0.397 e. The van der Waals surface area contributed by atoms with Crippen LogP contribution < -0.4 is 5.73 Å². The summed E-state index contributed by atoms with van der Waals surface area (Å²) in [4.78, 5) is 15.0. The van der Waals surface area contributed by atoms with Gasteiger partial charge in [-0.15, -0.1) is 11.3 Å². The number of benzene rings is 1. The normalized spacial score (nSPS) is 11.3. The van der Waals surface area contributed by atoms with E-state index in [1.807, 2.05) is 26.0 Å². The Balaban J connectivity index is 2.39. The van der Waals surface area contributed by atoms with Crippen molar-refractivity contribution in [3.05, 3.63) is 28.1 Å². The predicted molar refractivity (Wildman–Crippen MR) is 89.1 cm³/mol. The topological polar surface area (TPSA) is 66.6 Å². The van der Waals surface area contributed by atoms with Gasteiger partial charge in [0.15, 0.2) is 0 Å². The maximum absolute atomic E-state index is 12.7. The molecule has 2 aromatic rings. The van der Waals surface area contributed by atoms with Gasteiger partial charge in [0, 0.05) is 34.3 Å². The number of hydrogen-bond acceptors (Lipinski definition) is 4. The van der Waals surface area contributed by atoms with Crippen molar-refractivity contribution >= 4 is 44.6 Å². The summed E-state index contributed by atoms with van der Waals surface area (Å²) < 4.78 is 0.911. The summed E-state index contributed by atoms with van der Waals surface area (Å²) in [5.74, 6) is -0.0896. The zero-order chi connectivity index (χ0) is 15.6. The van der Waals surface area contributed by atoms with Crippen LogP contribution in [0.5, 0.6) is 0 Å². The third-order valence-corrected chi connectivity index (χ3v) is 4.72. The second-order valence-electron chi connectivity index (χ2n) is 5.15. The molecule has 0 aliphatic heterocycles. The number of halogens is 1. The van der Waals surface area contributed by atoms with Crippen LogP contribution in [-0.4, -0.2) is 35.1 Å². The Labute approximate surface area is 133 Å². The monoisotopic (exact) mass is 326 g/mol. The number of aliphatic hydroxyl groups is 1. The molecule has 0 saturated heterocycles. The molecule has 0 aliphatic carbocycles. The molecule has 1 amide bonds. The van der Waals surface area contributed by atoms with E-state index in [4.69, 9.17) is 22.4 Å². The lowest BCUT2D eigenvalue weighted by molar-refractivity contribution is 0.0699. The van der Waals surface area contributed by atoms with E-state index in [0.717, 1.165) is 10.1 Å². The fraction of sp³-hybridized carbons (Fsp3) is 0.400. The van der Waals surface area contributed by atoms with Crippen molar-refractivity contribution in [3.63, 3.8) is 0 Å². The Bertz CT molecular complexity index is 654. The number of fused-ring (bicyclic) bond motifs is 1. The SMILES string of the molecule is CC(C)N(CCCO)C(=O)c1sc2cc(Cl)ccc2c1N. The molecule has 1 aromatic carbocycles. The maximum atomic E-state index is 12.7. The first-order valence-corrected chi connectivity index (χ1v) is 8.04. The number of hydrogen-bond donors (Lipinski definition) is 2. The molecule has 2 rings (SSSR count). The van der Waals surface area contributed by atoms with E-state index >= 15 is 0 Å². The molecule has 0 fully saturated rings. The van der Waals surface area contributed by atoms with Crippen LogP contribution in [0.3, 0.4) is 0 Å². The third-order valence-electron chi connectivity index (χ3n) is 3.33. The van der Waals surface area contributed by atoms with Gasteiger partial charge in [0.25, 0.3) is 5.91 Å². The second-order valence-corrected chi connectivity index (χ2v) is 6.64. The second kappa shape index (κ2) is 6.64. The summed E-state index contributed by atoms with van der Waals surface area (Å²) in [6.45, 7) is 4.49. The molecular formula is C15H19ClN2O2S. The quantitative estimate of drug-likeness (QED) is 0.885. The molecule has 4 nitrogen and oxygen atoms in total. The van der Waals surface area contributed by atoms with Crippen molar-refractivity contribution in [2.75, 3.05) is 18.9 Å². The van der Waals surface area contributed by atoms with Crippen LogP contribution >= 0.6 is 22.9 Å². The lowest BCUT2D eigenvalue weighted by atomic mass is 10.2. The average molecular weight is 327 g/mol. The highest BCUT2D eigenvalue weighted by atomic mass is 35.5. The Morgan fingerprint density at radius 1 is 1.48 bits per heavy atom. The van der Waals surface area contributed by atoms with Crippen molar-refractivity contribution in [1.29, 1.82) is 0 Å². The van der Waals surface area contributed by atoms with E-state index in [2.05, 4.69) is 0 Å². The van der Waals surface area contributed by atoms with Crippen LogP contribution in [0.2, 0.25) is 5.02 Å². The first-order valence-electron chi connectivity index (χ1n) is 6.85. The van der Waals surface area contributed by atoms with Crippen LogP contribution in [0.15, 0.2) is 18.2 Å². The summed E-state index contributed by atoms with van der Waals surface area (Å²) in [5, 5.41) is 10.5. The van der Waals surface area contributed by atoms with Crippen LogP contribution in [0.1, 0.15) is 29.9 Å². The van der Waals surface area contributed by atoms with Gasteiger partial charge in [0.05, 0.1) is 5.69 Å². The molecule has 114 valence electrons. The van der Waals surface area contributed by atoms with E-state index in [9.17, 15) is 4.79 Å². The standard InChI is InChI=1S/C15H19ClN2O2S/c1-9(2)18(6-3-7-19)15(20)14-13(17)11-5-4-10(16)8-12(11)21-14/h4-5,8-9,19H,3,6-7,17H2,1-2H3. The molecule has 0 radical (unpaired) electrons. The third kappa shape index (κ3) is 3.31. The number of nitrogen functional groups attached to an aromatic ring is 1. The van der Waals surface area contributed by atoms with Crippen LogP contribution in [0.4, 0.5) is 5.69 Å². The number of amides is 1. The number of rotatable bonds is 5. The van der Waals surface area contributed by atoms with E-state index in [-0.39, 0.29) is 18.6 Å². The fourth-order valence-corrected chi connectivity index (χ4v) is 3.57. The molecular weight excluding hydrogens is 308 g/mol. The van der Waals surface area contributed by atoms with Gasteiger partial charge in [-0.3, -0.25) is 4.79 Å². The molecule has 0 bridgehead atoms. The van der Waals surface area contributed by atoms with Gasteiger partial charge in [-0.05, 0) is 38.5 Å². The van der Waals surface area contributed by atoms with Gasteiger partial charge in [-0.25, -0.2) is 0 Å². The lowest BCUT2D eigenvalue weighted by Crippen LogP contribution is -2.37. The molecule has 0 saturated carbocycles. The zero-order valence-electron chi connectivity index (χ0n) is 12.1. The van der Waals surface area contributed by atoms with Crippen molar-refractivity contribution in [3.8, 4) is 0 Å². The molecule has 0 spiro atoms. The number of nitrogens with zero attached hydrogens (tertiary/aromatic N) is 1. The largest absolute Gasteiger partial charge is 0.397 e. The molecule has 0 aliphatic rings. The smallest absolute Gasteiger partial charge is 0.266 e. The van der Waals surface area contributed by atoms with E-state index < -0.39 is 0 Å². The molecule has 1 heterocycles. The molecule has 21 heavy (non-hydrogen) atoms. The Morgan fingerprint density at radius 2 is 2.19 bits per heavy atom. The summed E-state index contributed by atoms with van der Waals surface area (Å²) in [5.41, 5.74) is 6.63. The van der Waals surface area contributed by atoms with Gasteiger partial charge in [0.1, 0.15) is 4.88 Å². The first-order chi connectivity index (χ1) is 9.95.